The highest BCUT2D eigenvalue weighted by atomic mass is 16.6. The van der Waals surface area contributed by atoms with Gasteiger partial charge in [0, 0.05) is 23.9 Å². The number of rotatable bonds is 6. The molecule has 0 atom stereocenters. The van der Waals surface area contributed by atoms with Gasteiger partial charge in [-0.05, 0) is 60.2 Å². The first-order chi connectivity index (χ1) is 13.1. The minimum Gasteiger partial charge on any atom is -0.457 e. The summed E-state index contributed by atoms with van der Waals surface area (Å²) in [5.41, 5.74) is 1.34. The van der Waals surface area contributed by atoms with E-state index in [0.717, 1.165) is 5.75 Å². The predicted molar refractivity (Wildman–Crippen MR) is 104 cm³/mol. The highest BCUT2D eigenvalue weighted by Gasteiger charge is 2.03. The van der Waals surface area contributed by atoms with Gasteiger partial charge in [0.05, 0.1) is 4.92 Å². The number of benzene rings is 3. The number of amides is 1. The minimum absolute atomic E-state index is 0.00872. The van der Waals surface area contributed by atoms with Gasteiger partial charge in [-0.15, -0.1) is 0 Å². The van der Waals surface area contributed by atoms with Crippen LogP contribution < -0.4 is 10.1 Å². The second kappa shape index (κ2) is 8.44. The maximum atomic E-state index is 12.0. The van der Waals surface area contributed by atoms with E-state index >= 15 is 0 Å². The highest BCUT2D eigenvalue weighted by molar-refractivity contribution is 6.01. The van der Waals surface area contributed by atoms with Crippen LogP contribution in [0.2, 0.25) is 0 Å². The Bertz CT molecular complexity index is 950. The minimum atomic E-state index is -0.467. The predicted octanol–water partition coefficient (Wildman–Crippen LogP) is 5.04. The monoisotopic (exact) mass is 360 g/mol. The summed E-state index contributed by atoms with van der Waals surface area (Å²) in [7, 11) is 0. The van der Waals surface area contributed by atoms with Gasteiger partial charge in [0.1, 0.15) is 11.5 Å². The summed E-state index contributed by atoms with van der Waals surface area (Å²) in [6.07, 6.45) is 2.96. The van der Waals surface area contributed by atoms with Crippen molar-refractivity contribution in [2.75, 3.05) is 5.32 Å². The largest absolute Gasteiger partial charge is 0.457 e. The molecule has 0 bridgehead atoms. The second-order valence-corrected chi connectivity index (χ2v) is 5.61. The van der Waals surface area contributed by atoms with Gasteiger partial charge in [-0.2, -0.15) is 0 Å². The Morgan fingerprint density at radius 3 is 2.15 bits per heavy atom. The summed E-state index contributed by atoms with van der Waals surface area (Å²) < 4.78 is 5.70. The van der Waals surface area contributed by atoms with Crippen LogP contribution in [0.25, 0.3) is 6.08 Å². The van der Waals surface area contributed by atoms with Crippen molar-refractivity contribution in [2.24, 2.45) is 0 Å². The van der Waals surface area contributed by atoms with E-state index in [1.807, 2.05) is 30.3 Å². The molecule has 27 heavy (non-hydrogen) atoms. The lowest BCUT2D eigenvalue weighted by molar-refractivity contribution is -0.384. The first kappa shape index (κ1) is 17.9. The molecule has 0 unspecified atom stereocenters. The second-order valence-electron chi connectivity index (χ2n) is 5.61. The normalized spacial score (nSPS) is 10.5. The summed E-state index contributed by atoms with van der Waals surface area (Å²) in [6, 6.07) is 22.4. The van der Waals surface area contributed by atoms with Gasteiger partial charge in [-0.1, -0.05) is 18.2 Å². The van der Waals surface area contributed by atoms with Crippen LogP contribution in [0.1, 0.15) is 5.56 Å². The fraction of sp³-hybridized carbons (Fsp3) is 0. The summed E-state index contributed by atoms with van der Waals surface area (Å²) in [5, 5.41) is 13.4. The highest BCUT2D eigenvalue weighted by Crippen LogP contribution is 2.22. The van der Waals surface area contributed by atoms with Gasteiger partial charge in [0.15, 0.2) is 0 Å². The molecule has 3 aromatic carbocycles. The first-order valence-electron chi connectivity index (χ1n) is 8.17. The van der Waals surface area contributed by atoms with E-state index in [1.165, 1.54) is 18.2 Å². The molecule has 0 aromatic heterocycles. The van der Waals surface area contributed by atoms with E-state index in [4.69, 9.17) is 4.74 Å². The van der Waals surface area contributed by atoms with Gasteiger partial charge < -0.3 is 10.1 Å². The zero-order chi connectivity index (χ0) is 19.1. The van der Waals surface area contributed by atoms with Gasteiger partial charge in [0.25, 0.3) is 5.69 Å². The third kappa shape index (κ3) is 5.27. The SMILES string of the molecule is O=C(/C=C/c1ccc([N+](=O)[O-])cc1)Nc1ccc(Oc2ccccc2)cc1. The van der Waals surface area contributed by atoms with E-state index in [0.29, 0.717) is 17.0 Å². The number of non-ortho nitro benzene ring substituents is 1. The van der Waals surface area contributed by atoms with Crippen molar-refractivity contribution in [3.05, 3.63) is 101 Å². The third-order valence-electron chi connectivity index (χ3n) is 3.63. The van der Waals surface area contributed by atoms with Crippen molar-refractivity contribution in [1.82, 2.24) is 0 Å². The lowest BCUT2D eigenvalue weighted by Crippen LogP contribution is -2.07. The molecule has 1 amide bonds. The average molecular weight is 360 g/mol. The molecule has 0 saturated carbocycles. The van der Waals surface area contributed by atoms with Crippen molar-refractivity contribution in [3.8, 4) is 11.5 Å². The number of para-hydroxylation sites is 1. The molecule has 1 N–H and O–H groups in total. The molecule has 3 aromatic rings. The molecule has 0 heterocycles. The van der Waals surface area contributed by atoms with Crippen molar-refractivity contribution in [1.29, 1.82) is 0 Å². The smallest absolute Gasteiger partial charge is 0.269 e. The van der Waals surface area contributed by atoms with Crippen LogP contribution in [-0.4, -0.2) is 10.8 Å². The van der Waals surface area contributed by atoms with Gasteiger partial charge in [0.2, 0.25) is 5.91 Å². The van der Waals surface area contributed by atoms with Crippen LogP contribution in [0.3, 0.4) is 0 Å². The van der Waals surface area contributed by atoms with E-state index in [2.05, 4.69) is 5.32 Å². The van der Waals surface area contributed by atoms with Gasteiger partial charge >= 0.3 is 0 Å². The quantitative estimate of drug-likeness (QED) is 0.379. The molecule has 0 fully saturated rings. The Labute approximate surface area is 155 Å². The van der Waals surface area contributed by atoms with Gasteiger partial charge in [-0.25, -0.2) is 0 Å². The number of nitro groups is 1. The number of nitro benzene ring substituents is 1. The molecule has 6 heteroatoms. The molecule has 0 saturated heterocycles. The van der Waals surface area contributed by atoms with Crippen molar-refractivity contribution < 1.29 is 14.5 Å². The molecule has 0 aliphatic rings. The molecule has 0 aliphatic carbocycles. The Kier molecular flexibility index (Phi) is 5.59. The fourth-order valence-corrected chi connectivity index (χ4v) is 2.29. The first-order valence-corrected chi connectivity index (χ1v) is 8.17. The maximum Gasteiger partial charge on any atom is 0.269 e. The van der Waals surface area contributed by atoms with Crippen molar-refractivity contribution in [3.63, 3.8) is 0 Å². The summed E-state index contributed by atoms with van der Waals surface area (Å²) >= 11 is 0. The number of nitrogens with one attached hydrogen (secondary N) is 1. The number of carbonyl (C=O) groups is 1. The molecular formula is C21H16N2O4. The van der Waals surface area contributed by atoms with E-state index in [1.54, 1.807) is 42.5 Å². The molecule has 0 spiro atoms. The molecule has 134 valence electrons. The topological polar surface area (TPSA) is 81.5 Å². The average Bonchev–Trinajstić information content (AvgIpc) is 2.69. The Morgan fingerprint density at radius 1 is 0.889 bits per heavy atom. The van der Waals surface area contributed by atoms with Crippen LogP contribution >= 0.6 is 0 Å². The Morgan fingerprint density at radius 2 is 1.52 bits per heavy atom. The number of hydrogen-bond acceptors (Lipinski definition) is 4. The summed E-state index contributed by atoms with van der Waals surface area (Å²) in [4.78, 5) is 22.2. The number of nitrogens with zero attached hydrogens (tertiary/aromatic N) is 1. The summed E-state index contributed by atoms with van der Waals surface area (Å²) in [6.45, 7) is 0. The molecule has 6 nitrogen and oxygen atoms in total. The molecule has 0 radical (unpaired) electrons. The number of ether oxygens (including phenoxy) is 1. The van der Waals surface area contributed by atoms with Crippen LogP contribution in [0, 0.1) is 10.1 Å². The maximum absolute atomic E-state index is 12.0. The zero-order valence-corrected chi connectivity index (χ0v) is 14.2. The van der Waals surface area contributed by atoms with Crippen molar-refractivity contribution >= 4 is 23.4 Å². The van der Waals surface area contributed by atoms with E-state index in [-0.39, 0.29) is 11.6 Å². The Hall–Kier alpha value is -3.93. The Balaban J connectivity index is 1.56. The number of anilines is 1. The van der Waals surface area contributed by atoms with Crippen LogP contribution in [0.4, 0.5) is 11.4 Å². The fourth-order valence-electron chi connectivity index (χ4n) is 2.29. The van der Waals surface area contributed by atoms with E-state index in [9.17, 15) is 14.9 Å². The number of carbonyl (C=O) groups excluding carboxylic acids is 1. The molecule has 0 aliphatic heterocycles. The van der Waals surface area contributed by atoms with E-state index < -0.39 is 4.92 Å². The molecule has 3 rings (SSSR count). The standard InChI is InChI=1S/C21H16N2O4/c24-21(15-8-16-6-11-18(12-7-16)23(25)26)22-17-9-13-20(14-10-17)27-19-4-2-1-3-5-19/h1-15H,(H,22,24)/b15-8+. The lowest BCUT2D eigenvalue weighted by Gasteiger charge is -2.07. The van der Waals surface area contributed by atoms with Crippen LogP contribution in [-0.2, 0) is 4.79 Å². The van der Waals surface area contributed by atoms with Crippen LogP contribution in [0.15, 0.2) is 84.9 Å². The molecular weight excluding hydrogens is 344 g/mol. The summed E-state index contributed by atoms with van der Waals surface area (Å²) in [5.74, 6) is 1.10. The third-order valence-corrected chi connectivity index (χ3v) is 3.63. The van der Waals surface area contributed by atoms with Crippen LogP contribution in [0.5, 0.6) is 11.5 Å². The zero-order valence-electron chi connectivity index (χ0n) is 14.2. The lowest BCUT2D eigenvalue weighted by atomic mass is 10.2. The van der Waals surface area contributed by atoms with Gasteiger partial charge in [-0.3, -0.25) is 14.9 Å². The van der Waals surface area contributed by atoms with Crippen molar-refractivity contribution in [2.45, 2.75) is 0 Å². The number of hydrogen-bond donors (Lipinski definition) is 1.